The summed E-state index contributed by atoms with van der Waals surface area (Å²) in [6.07, 6.45) is 19.4. The van der Waals surface area contributed by atoms with Crippen molar-refractivity contribution >= 4 is 0 Å². The highest BCUT2D eigenvalue weighted by Crippen LogP contribution is 2.10. The molecule has 0 heterocycles. The molecule has 0 amide bonds. The van der Waals surface area contributed by atoms with E-state index in [0.717, 1.165) is 26.1 Å². The molecule has 1 heteroatoms. The van der Waals surface area contributed by atoms with Crippen LogP contribution in [0.2, 0.25) is 0 Å². The first-order valence-corrected chi connectivity index (χ1v) is 9.70. The Morgan fingerprint density at radius 2 is 1.35 bits per heavy atom. The third-order valence-electron chi connectivity index (χ3n) is 4.16. The van der Waals surface area contributed by atoms with Crippen LogP contribution in [0.4, 0.5) is 0 Å². The Kier molecular flexibility index (Phi) is 13.7. The summed E-state index contributed by atoms with van der Waals surface area (Å²) in [6.45, 7) is 3.88. The Balaban J connectivity index is 1.78. The molecule has 0 aromatic heterocycles. The number of rotatable bonds is 15. The fraction of sp³-hybridized carbons (Fsp3) is 0.636. The van der Waals surface area contributed by atoms with E-state index in [1.165, 1.54) is 63.4 Å². The smallest absolute Gasteiger partial charge is 0.0716 e. The Morgan fingerprint density at radius 1 is 0.739 bits per heavy atom. The molecule has 1 rings (SSSR count). The van der Waals surface area contributed by atoms with Crippen molar-refractivity contribution < 1.29 is 4.74 Å². The van der Waals surface area contributed by atoms with Gasteiger partial charge < -0.3 is 4.74 Å². The molecule has 1 nitrogen and oxygen atoms in total. The Bertz CT molecular complexity index is 369. The van der Waals surface area contributed by atoms with Crippen LogP contribution in [0.15, 0.2) is 42.5 Å². The van der Waals surface area contributed by atoms with E-state index in [0.29, 0.717) is 0 Å². The van der Waals surface area contributed by atoms with Gasteiger partial charge in [0.25, 0.3) is 0 Å². The average Bonchev–Trinajstić information content (AvgIpc) is 2.59. The second kappa shape index (κ2) is 15.8. The van der Waals surface area contributed by atoms with Gasteiger partial charge in [0.1, 0.15) is 0 Å². The first-order chi connectivity index (χ1) is 11.4. The number of allylic oxidation sites excluding steroid dienone is 2. The molecule has 0 unspecified atom stereocenters. The highest BCUT2D eigenvalue weighted by Gasteiger charge is 1.92. The topological polar surface area (TPSA) is 9.23 Å². The lowest BCUT2D eigenvalue weighted by Crippen LogP contribution is -1.94. The van der Waals surface area contributed by atoms with Crippen LogP contribution < -0.4 is 0 Å². The van der Waals surface area contributed by atoms with E-state index in [9.17, 15) is 0 Å². The van der Waals surface area contributed by atoms with Gasteiger partial charge in [0, 0.05) is 6.61 Å². The van der Waals surface area contributed by atoms with Gasteiger partial charge in [0.2, 0.25) is 0 Å². The molecule has 23 heavy (non-hydrogen) atoms. The van der Waals surface area contributed by atoms with E-state index < -0.39 is 0 Å². The van der Waals surface area contributed by atoms with Gasteiger partial charge in [-0.25, -0.2) is 0 Å². The summed E-state index contributed by atoms with van der Waals surface area (Å²) in [4.78, 5) is 0. The van der Waals surface area contributed by atoms with Gasteiger partial charge in [-0.1, -0.05) is 94.4 Å². The van der Waals surface area contributed by atoms with E-state index in [4.69, 9.17) is 4.74 Å². The number of hydrogen-bond donors (Lipinski definition) is 0. The molecule has 1 aromatic carbocycles. The van der Waals surface area contributed by atoms with Gasteiger partial charge in [-0.05, 0) is 31.2 Å². The first-order valence-electron chi connectivity index (χ1n) is 9.70. The minimum absolute atomic E-state index is 0.739. The van der Waals surface area contributed by atoms with Gasteiger partial charge in [0.15, 0.2) is 0 Å². The summed E-state index contributed by atoms with van der Waals surface area (Å²) in [5, 5.41) is 0. The summed E-state index contributed by atoms with van der Waals surface area (Å²) < 4.78 is 5.69. The number of ether oxygens (including phenoxy) is 1. The normalized spacial score (nSPS) is 11.3. The van der Waals surface area contributed by atoms with Gasteiger partial charge >= 0.3 is 0 Å². The van der Waals surface area contributed by atoms with Crippen LogP contribution in [0, 0.1) is 0 Å². The van der Waals surface area contributed by atoms with Crippen molar-refractivity contribution in [2.75, 3.05) is 6.61 Å². The van der Waals surface area contributed by atoms with Crippen LogP contribution in [0.1, 0.15) is 83.1 Å². The zero-order valence-corrected chi connectivity index (χ0v) is 15.1. The second-order valence-corrected chi connectivity index (χ2v) is 6.42. The van der Waals surface area contributed by atoms with Crippen molar-refractivity contribution in [3.05, 3.63) is 48.0 Å². The summed E-state index contributed by atoms with van der Waals surface area (Å²) in [7, 11) is 0. The zero-order valence-electron chi connectivity index (χ0n) is 15.1. The standard InChI is InChI=1S/C22H36O/c1-2-3-4-5-6-7-8-9-10-11-12-13-17-20-23-21-22-18-15-14-16-19-22/h11-12,14-16,18-19H,2-10,13,17,20-21H2,1H3/b12-11+. The second-order valence-electron chi connectivity index (χ2n) is 6.42. The molecule has 0 saturated heterocycles. The molecule has 0 aliphatic rings. The number of hydrogen-bond acceptors (Lipinski definition) is 1. The molecule has 0 radical (unpaired) electrons. The molecule has 0 saturated carbocycles. The zero-order chi connectivity index (χ0) is 16.4. The van der Waals surface area contributed by atoms with Crippen LogP contribution in [-0.2, 0) is 11.3 Å². The highest BCUT2D eigenvalue weighted by atomic mass is 16.5. The van der Waals surface area contributed by atoms with Crippen molar-refractivity contribution in [2.45, 2.75) is 84.2 Å². The molecule has 0 bridgehead atoms. The lowest BCUT2D eigenvalue weighted by atomic mass is 10.1. The van der Waals surface area contributed by atoms with Crippen LogP contribution in [0.25, 0.3) is 0 Å². The molecule has 0 aliphatic heterocycles. The average molecular weight is 317 g/mol. The molecule has 1 aromatic rings. The number of benzene rings is 1. The molecule has 130 valence electrons. The molecule has 0 N–H and O–H groups in total. The molecule has 0 fully saturated rings. The maximum Gasteiger partial charge on any atom is 0.0716 e. The van der Waals surface area contributed by atoms with Crippen molar-refractivity contribution in [1.29, 1.82) is 0 Å². The van der Waals surface area contributed by atoms with Crippen molar-refractivity contribution in [3.8, 4) is 0 Å². The van der Waals surface area contributed by atoms with Crippen molar-refractivity contribution in [2.24, 2.45) is 0 Å². The fourth-order valence-electron chi connectivity index (χ4n) is 2.70. The molecule has 0 spiro atoms. The van der Waals surface area contributed by atoms with Crippen molar-refractivity contribution in [3.63, 3.8) is 0 Å². The maximum atomic E-state index is 5.69. The summed E-state index contributed by atoms with van der Waals surface area (Å²) in [6, 6.07) is 10.4. The van der Waals surface area contributed by atoms with Gasteiger partial charge in [-0.3, -0.25) is 0 Å². The van der Waals surface area contributed by atoms with Gasteiger partial charge in [-0.15, -0.1) is 0 Å². The Labute approximate surface area is 144 Å². The van der Waals surface area contributed by atoms with E-state index in [1.807, 2.05) is 6.07 Å². The van der Waals surface area contributed by atoms with Gasteiger partial charge in [0.05, 0.1) is 6.61 Å². The number of unbranched alkanes of at least 4 members (excludes halogenated alkanes) is 9. The molecule has 0 atom stereocenters. The van der Waals surface area contributed by atoms with E-state index in [1.54, 1.807) is 0 Å². The van der Waals surface area contributed by atoms with Gasteiger partial charge in [-0.2, -0.15) is 0 Å². The van der Waals surface area contributed by atoms with E-state index in [-0.39, 0.29) is 0 Å². The minimum Gasteiger partial charge on any atom is -0.377 e. The predicted molar refractivity (Wildman–Crippen MR) is 102 cm³/mol. The molecular weight excluding hydrogens is 280 g/mol. The Hall–Kier alpha value is -1.08. The molecule has 0 aliphatic carbocycles. The lowest BCUT2D eigenvalue weighted by Gasteiger charge is -2.02. The monoisotopic (exact) mass is 316 g/mol. The lowest BCUT2D eigenvalue weighted by molar-refractivity contribution is 0.119. The summed E-state index contributed by atoms with van der Waals surface area (Å²) in [5.41, 5.74) is 1.26. The van der Waals surface area contributed by atoms with Crippen LogP contribution in [0.3, 0.4) is 0 Å². The Morgan fingerprint density at radius 3 is 2.04 bits per heavy atom. The van der Waals surface area contributed by atoms with E-state index >= 15 is 0 Å². The third kappa shape index (κ3) is 13.1. The summed E-state index contributed by atoms with van der Waals surface area (Å²) >= 11 is 0. The van der Waals surface area contributed by atoms with Crippen LogP contribution >= 0.6 is 0 Å². The largest absolute Gasteiger partial charge is 0.377 e. The van der Waals surface area contributed by atoms with Crippen molar-refractivity contribution in [1.82, 2.24) is 0 Å². The van der Waals surface area contributed by atoms with Crippen LogP contribution in [-0.4, -0.2) is 6.61 Å². The fourth-order valence-corrected chi connectivity index (χ4v) is 2.70. The molecular formula is C22H36O. The highest BCUT2D eigenvalue weighted by molar-refractivity contribution is 5.13. The predicted octanol–water partition coefficient (Wildman–Crippen LogP) is 7.07. The van der Waals surface area contributed by atoms with E-state index in [2.05, 4.69) is 43.3 Å². The first kappa shape index (κ1) is 20.0. The third-order valence-corrected chi connectivity index (χ3v) is 4.16. The van der Waals surface area contributed by atoms with Crippen LogP contribution in [0.5, 0.6) is 0 Å². The minimum atomic E-state index is 0.739. The SMILES string of the molecule is CCCCCCCCCC/C=C/CCCOCc1ccccc1. The summed E-state index contributed by atoms with van der Waals surface area (Å²) in [5.74, 6) is 0. The maximum absolute atomic E-state index is 5.69. The quantitative estimate of drug-likeness (QED) is 0.248.